The summed E-state index contributed by atoms with van der Waals surface area (Å²) < 4.78 is 1.71. The van der Waals surface area contributed by atoms with Gasteiger partial charge in [0.05, 0.1) is 6.54 Å². The molecule has 0 radical (unpaired) electrons. The summed E-state index contributed by atoms with van der Waals surface area (Å²) in [4.78, 5) is 3.97. The normalized spacial score (nSPS) is 11.8. The zero-order valence-electron chi connectivity index (χ0n) is 12.3. The van der Waals surface area contributed by atoms with Crippen LogP contribution in [0.4, 0.5) is 0 Å². The Morgan fingerprint density at radius 1 is 0.958 bits per heavy atom. The van der Waals surface area contributed by atoms with Gasteiger partial charge in [-0.05, 0) is 47.0 Å². The van der Waals surface area contributed by atoms with Crippen LogP contribution >= 0.6 is 46.4 Å². The maximum Gasteiger partial charge on any atom is 0.137 e. The van der Waals surface area contributed by atoms with Crippen molar-refractivity contribution in [2.45, 2.75) is 6.54 Å². The minimum Gasteiger partial charge on any atom is -0.249 e. The van der Waals surface area contributed by atoms with Gasteiger partial charge in [-0.25, -0.2) is 9.67 Å². The molecule has 1 heterocycles. The molecule has 7 heteroatoms. The number of aromatic nitrogens is 3. The maximum absolute atomic E-state index is 6.37. The van der Waals surface area contributed by atoms with Crippen LogP contribution in [0.2, 0.25) is 20.1 Å². The molecular formula is C17H11Cl4N3. The van der Waals surface area contributed by atoms with E-state index in [0.29, 0.717) is 26.6 Å². The van der Waals surface area contributed by atoms with Crippen molar-refractivity contribution in [3.63, 3.8) is 0 Å². The summed E-state index contributed by atoms with van der Waals surface area (Å²) in [5, 5.41) is 6.42. The summed E-state index contributed by atoms with van der Waals surface area (Å²) >= 11 is 24.6. The first kappa shape index (κ1) is 17.3. The van der Waals surface area contributed by atoms with Crippen LogP contribution in [0.15, 0.2) is 49.1 Å². The summed E-state index contributed by atoms with van der Waals surface area (Å²) in [6.07, 6.45) is 5.08. The van der Waals surface area contributed by atoms with Crippen LogP contribution in [0.5, 0.6) is 0 Å². The lowest BCUT2D eigenvalue weighted by molar-refractivity contribution is 0.711. The predicted octanol–water partition coefficient (Wildman–Crippen LogP) is 6.13. The van der Waals surface area contributed by atoms with Crippen molar-refractivity contribution in [3.05, 3.63) is 80.3 Å². The second-order valence-electron chi connectivity index (χ2n) is 5.05. The summed E-state index contributed by atoms with van der Waals surface area (Å²) in [6.45, 7) is 0.486. The van der Waals surface area contributed by atoms with E-state index in [9.17, 15) is 0 Å². The topological polar surface area (TPSA) is 30.7 Å². The first-order chi connectivity index (χ1) is 11.5. The molecule has 0 saturated carbocycles. The van der Waals surface area contributed by atoms with Gasteiger partial charge < -0.3 is 0 Å². The van der Waals surface area contributed by atoms with Crippen LogP contribution in [0.3, 0.4) is 0 Å². The van der Waals surface area contributed by atoms with E-state index >= 15 is 0 Å². The average Bonchev–Trinajstić information content (AvgIpc) is 3.02. The van der Waals surface area contributed by atoms with E-state index in [1.54, 1.807) is 35.3 Å². The van der Waals surface area contributed by atoms with Gasteiger partial charge >= 0.3 is 0 Å². The minimum absolute atomic E-state index is 0.486. The van der Waals surface area contributed by atoms with Crippen molar-refractivity contribution >= 4 is 58.1 Å². The molecule has 0 aliphatic carbocycles. The Hall–Kier alpha value is -1.52. The molecule has 0 bridgehead atoms. The number of rotatable bonds is 4. The Morgan fingerprint density at radius 3 is 2.29 bits per heavy atom. The molecule has 0 aliphatic rings. The SMILES string of the molecule is Clc1ccc(C=C(Cn2cncn2)c2ccc(Cl)cc2Cl)c(Cl)c1. The molecule has 0 aliphatic heterocycles. The van der Waals surface area contributed by atoms with Crippen LogP contribution in [0.1, 0.15) is 11.1 Å². The monoisotopic (exact) mass is 397 g/mol. The highest BCUT2D eigenvalue weighted by atomic mass is 35.5. The molecule has 122 valence electrons. The van der Waals surface area contributed by atoms with Crippen LogP contribution in [-0.4, -0.2) is 14.8 Å². The molecule has 3 rings (SSSR count). The maximum atomic E-state index is 6.37. The van der Waals surface area contributed by atoms with E-state index in [2.05, 4.69) is 10.1 Å². The molecule has 0 spiro atoms. The van der Waals surface area contributed by atoms with Gasteiger partial charge in [-0.15, -0.1) is 0 Å². The highest BCUT2D eigenvalue weighted by Crippen LogP contribution is 2.31. The molecule has 3 aromatic rings. The molecule has 0 saturated heterocycles. The zero-order valence-corrected chi connectivity index (χ0v) is 15.3. The molecule has 0 atom stereocenters. The standard InChI is InChI=1S/C17H11Cl4N3/c18-13-2-1-11(16(20)6-13)5-12(8-24-10-22-9-23-24)15-4-3-14(19)7-17(15)21/h1-7,9-10H,8H2. The minimum atomic E-state index is 0.486. The third-order valence-corrected chi connectivity index (χ3v) is 4.48. The van der Waals surface area contributed by atoms with Gasteiger partial charge in [0.2, 0.25) is 0 Å². The van der Waals surface area contributed by atoms with Crippen LogP contribution in [-0.2, 0) is 6.54 Å². The zero-order chi connectivity index (χ0) is 17.1. The lowest BCUT2D eigenvalue weighted by atomic mass is 10.0. The van der Waals surface area contributed by atoms with Gasteiger partial charge in [0.25, 0.3) is 0 Å². The Bertz CT molecular complexity index is 889. The second-order valence-corrected chi connectivity index (χ2v) is 6.74. The summed E-state index contributed by atoms with van der Waals surface area (Å²) in [5.74, 6) is 0. The van der Waals surface area contributed by atoms with Crippen molar-refractivity contribution in [1.82, 2.24) is 14.8 Å². The van der Waals surface area contributed by atoms with Gasteiger partial charge in [-0.3, -0.25) is 0 Å². The van der Waals surface area contributed by atoms with Gasteiger partial charge in [0, 0.05) is 20.1 Å². The lowest BCUT2D eigenvalue weighted by Gasteiger charge is -2.11. The number of benzene rings is 2. The number of allylic oxidation sites excluding steroid dienone is 1. The quantitative estimate of drug-likeness (QED) is 0.494. The molecule has 0 N–H and O–H groups in total. The number of hydrogen-bond donors (Lipinski definition) is 0. The van der Waals surface area contributed by atoms with Gasteiger partial charge in [-0.2, -0.15) is 5.10 Å². The van der Waals surface area contributed by atoms with Gasteiger partial charge in [-0.1, -0.05) is 58.5 Å². The summed E-state index contributed by atoms with van der Waals surface area (Å²) in [7, 11) is 0. The Kier molecular flexibility index (Phi) is 5.47. The molecular weight excluding hydrogens is 388 g/mol. The van der Waals surface area contributed by atoms with Crippen molar-refractivity contribution in [1.29, 1.82) is 0 Å². The number of hydrogen-bond acceptors (Lipinski definition) is 2. The number of nitrogens with zero attached hydrogens (tertiary/aromatic N) is 3. The van der Waals surface area contributed by atoms with Crippen molar-refractivity contribution < 1.29 is 0 Å². The molecule has 3 nitrogen and oxygen atoms in total. The van der Waals surface area contributed by atoms with E-state index in [-0.39, 0.29) is 0 Å². The van der Waals surface area contributed by atoms with E-state index in [1.807, 2.05) is 18.2 Å². The first-order valence-corrected chi connectivity index (χ1v) is 8.47. The van der Waals surface area contributed by atoms with Crippen LogP contribution < -0.4 is 0 Å². The predicted molar refractivity (Wildman–Crippen MR) is 101 cm³/mol. The second kappa shape index (κ2) is 7.58. The molecule has 0 amide bonds. The van der Waals surface area contributed by atoms with Crippen molar-refractivity contribution in [2.75, 3.05) is 0 Å². The Balaban J connectivity index is 2.08. The Morgan fingerprint density at radius 2 is 1.67 bits per heavy atom. The number of halogens is 4. The third-order valence-electron chi connectivity index (χ3n) is 3.37. The molecule has 2 aromatic carbocycles. The highest BCUT2D eigenvalue weighted by molar-refractivity contribution is 6.36. The molecule has 24 heavy (non-hydrogen) atoms. The average molecular weight is 399 g/mol. The van der Waals surface area contributed by atoms with E-state index in [0.717, 1.165) is 16.7 Å². The lowest BCUT2D eigenvalue weighted by Crippen LogP contribution is -2.02. The first-order valence-electron chi connectivity index (χ1n) is 6.96. The summed E-state index contributed by atoms with van der Waals surface area (Å²) in [5.41, 5.74) is 2.61. The van der Waals surface area contributed by atoms with Crippen molar-refractivity contribution in [3.8, 4) is 0 Å². The largest absolute Gasteiger partial charge is 0.249 e. The van der Waals surface area contributed by atoms with E-state index < -0.39 is 0 Å². The van der Waals surface area contributed by atoms with Gasteiger partial charge in [0.15, 0.2) is 0 Å². The Labute approximate surface area is 159 Å². The third kappa shape index (κ3) is 4.11. The molecule has 0 unspecified atom stereocenters. The van der Waals surface area contributed by atoms with E-state index in [4.69, 9.17) is 46.4 Å². The van der Waals surface area contributed by atoms with E-state index in [1.165, 1.54) is 6.33 Å². The smallest absolute Gasteiger partial charge is 0.137 e. The fourth-order valence-corrected chi connectivity index (χ4v) is 3.25. The van der Waals surface area contributed by atoms with Crippen LogP contribution in [0, 0.1) is 0 Å². The molecule has 1 aromatic heterocycles. The van der Waals surface area contributed by atoms with Crippen LogP contribution in [0.25, 0.3) is 11.6 Å². The van der Waals surface area contributed by atoms with Crippen molar-refractivity contribution in [2.24, 2.45) is 0 Å². The fraction of sp³-hybridized carbons (Fsp3) is 0.0588. The van der Waals surface area contributed by atoms with Gasteiger partial charge in [0.1, 0.15) is 12.7 Å². The highest BCUT2D eigenvalue weighted by Gasteiger charge is 2.10. The summed E-state index contributed by atoms with van der Waals surface area (Å²) in [6, 6.07) is 10.7. The fourth-order valence-electron chi connectivity index (χ4n) is 2.25. The molecule has 0 fully saturated rings.